The molecule has 8 nitrogen and oxygen atoms in total. The van der Waals surface area contributed by atoms with Crippen LogP contribution in [0.4, 0.5) is 11.8 Å². The Labute approximate surface area is 122 Å². The van der Waals surface area contributed by atoms with Crippen LogP contribution >= 0.6 is 0 Å². The monoisotopic (exact) mass is 290 g/mol. The number of nitrogen functional groups attached to an aromatic ring is 1. The van der Waals surface area contributed by atoms with Crippen molar-refractivity contribution in [2.24, 2.45) is 0 Å². The highest BCUT2D eigenvalue weighted by molar-refractivity contribution is 5.66. The van der Waals surface area contributed by atoms with Gasteiger partial charge in [-0.15, -0.1) is 0 Å². The lowest BCUT2D eigenvalue weighted by Crippen LogP contribution is -2.32. The van der Waals surface area contributed by atoms with Gasteiger partial charge in [-0.1, -0.05) is 0 Å². The van der Waals surface area contributed by atoms with Crippen molar-refractivity contribution in [3.05, 3.63) is 24.5 Å². The van der Waals surface area contributed by atoms with Gasteiger partial charge in [0, 0.05) is 30.4 Å². The van der Waals surface area contributed by atoms with Gasteiger partial charge < -0.3 is 16.2 Å². The molecule has 2 aromatic rings. The highest BCUT2D eigenvalue weighted by Crippen LogP contribution is 2.20. The normalized spacial score (nSPS) is 11.3. The molecule has 0 saturated heterocycles. The molecule has 2 heterocycles. The second kappa shape index (κ2) is 5.78. The molecule has 8 heteroatoms. The van der Waals surface area contributed by atoms with Crippen LogP contribution in [0.1, 0.15) is 26.7 Å². The second-order valence-electron chi connectivity index (χ2n) is 5.32. The van der Waals surface area contributed by atoms with Crippen LogP contribution in [0.15, 0.2) is 24.5 Å². The summed E-state index contributed by atoms with van der Waals surface area (Å²) in [5.41, 5.74) is 5.28. The Morgan fingerprint density at radius 1 is 1.48 bits per heavy atom. The SMILES string of the molecule is CC(C)(CCC(=O)O)Nc1cc(-n2cccn2)nc(N)n1. The summed E-state index contributed by atoms with van der Waals surface area (Å²) >= 11 is 0. The van der Waals surface area contributed by atoms with Crippen molar-refractivity contribution < 1.29 is 9.90 Å². The van der Waals surface area contributed by atoms with Crippen molar-refractivity contribution in [2.45, 2.75) is 32.2 Å². The van der Waals surface area contributed by atoms with E-state index < -0.39 is 11.5 Å². The maximum Gasteiger partial charge on any atom is 0.303 e. The molecule has 0 aromatic carbocycles. The molecule has 0 unspecified atom stereocenters. The lowest BCUT2D eigenvalue weighted by molar-refractivity contribution is -0.137. The molecule has 0 aliphatic carbocycles. The van der Waals surface area contributed by atoms with E-state index in [1.807, 2.05) is 13.8 Å². The molecule has 0 saturated carbocycles. The van der Waals surface area contributed by atoms with Crippen LogP contribution in [0.3, 0.4) is 0 Å². The first-order chi connectivity index (χ1) is 9.85. The number of carbonyl (C=O) groups is 1. The number of hydrogen-bond donors (Lipinski definition) is 3. The van der Waals surface area contributed by atoms with E-state index >= 15 is 0 Å². The third-order valence-electron chi connectivity index (χ3n) is 2.90. The third kappa shape index (κ3) is 4.16. The van der Waals surface area contributed by atoms with E-state index in [1.54, 1.807) is 29.2 Å². The van der Waals surface area contributed by atoms with Gasteiger partial charge in [-0.05, 0) is 26.3 Å². The number of anilines is 2. The molecule has 0 spiro atoms. The predicted octanol–water partition coefficient (Wildman–Crippen LogP) is 1.30. The highest BCUT2D eigenvalue weighted by atomic mass is 16.4. The summed E-state index contributed by atoms with van der Waals surface area (Å²) in [6.07, 6.45) is 3.93. The maximum absolute atomic E-state index is 10.7. The molecular weight excluding hydrogens is 272 g/mol. The first-order valence-electron chi connectivity index (χ1n) is 6.50. The fraction of sp³-hybridized carbons (Fsp3) is 0.385. The van der Waals surface area contributed by atoms with Crippen LogP contribution in [-0.2, 0) is 4.79 Å². The third-order valence-corrected chi connectivity index (χ3v) is 2.90. The molecular formula is C13H18N6O2. The molecule has 0 fully saturated rings. The number of rotatable bonds is 6. The van der Waals surface area contributed by atoms with Gasteiger partial charge in [0.2, 0.25) is 5.95 Å². The van der Waals surface area contributed by atoms with E-state index in [4.69, 9.17) is 10.8 Å². The molecule has 0 bridgehead atoms. The summed E-state index contributed by atoms with van der Waals surface area (Å²) in [6.45, 7) is 3.81. The van der Waals surface area contributed by atoms with E-state index in [9.17, 15) is 4.79 Å². The summed E-state index contributed by atoms with van der Waals surface area (Å²) in [5, 5.41) is 16.0. The van der Waals surface area contributed by atoms with Crippen LogP contribution in [0.2, 0.25) is 0 Å². The lowest BCUT2D eigenvalue weighted by Gasteiger charge is -2.26. The van der Waals surface area contributed by atoms with Gasteiger partial charge in [0.15, 0.2) is 5.82 Å². The molecule has 0 amide bonds. The van der Waals surface area contributed by atoms with Crippen LogP contribution in [-0.4, -0.2) is 36.4 Å². The minimum absolute atomic E-state index is 0.0760. The van der Waals surface area contributed by atoms with E-state index in [0.29, 0.717) is 18.1 Å². The van der Waals surface area contributed by atoms with Gasteiger partial charge in [0.05, 0.1) is 0 Å². The maximum atomic E-state index is 10.7. The Hall–Kier alpha value is -2.64. The number of carboxylic acids is 1. The Bertz CT molecular complexity index is 624. The molecule has 112 valence electrons. The molecule has 4 N–H and O–H groups in total. The molecule has 2 aromatic heterocycles. The summed E-state index contributed by atoms with van der Waals surface area (Å²) in [7, 11) is 0. The number of nitrogens with one attached hydrogen (secondary N) is 1. The van der Waals surface area contributed by atoms with E-state index in [1.165, 1.54) is 0 Å². The van der Waals surface area contributed by atoms with Gasteiger partial charge in [0.1, 0.15) is 5.82 Å². The van der Waals surface area contributed by atoms with E-state index in [-0.39, 0.29) is 12.4 Å². The van der Waals surface area contributed by atoms with Crippen LogP contribution in [0, 0.1) is 0 Å². The Balaban J connectivity index is 2.18. The van der Waals surface area contributed by atoms with Crippen molar-refractivity contribution in [2.75, 3.05) is 11.1 Å². The van der Waals surface area contributed by atoms with Crippen molar-refractivity contribution in [1.29, 1.82) is 0 Å². The number of aliphatic carboxylic acids is 1. The summed E-state index contributed by atoms with van der Waals surface area (Å²) < 4.78 is 1.58. The first-order valence-corrected chi connectivity index (χ1v) is 6.50. The van der Waals surface area contributed by atoms with Crippen molar-refractivity contribution in [1.82, 2.24) is 19.7 Å². The summed E-state index contributed by atoms with van der Waals surface area (Å²) in [5.74, 6) is 0.372. The predicted molar refractivity (Wildman–Crippen MR) is 78.1 cm³/mol. The zero-order valence-electron chi connectivity index (χ0n) is 11.9. The van der Waals surface area contributed by atoms with Gasteiger partial charge in [0.25, 0.3) is 0 Å². The number of nitrogens with two attached hydrogens (primary N) is 1. The Kier molecular flexibility index (Phi) is 4.06. The number of aromatic nitrogens is 4. The zero-order chi connectivity index (χ0) is 15.5. The Morgan fingerprint density at radius 3 is 2.86 bits per heavy atom. The van der Waals surface area contributed by atoms with E-state index in [0.717, 1.165) is 0 Å². The lowest BCUT2D eigenvalue weighted by atomic mass is 9.98. The topological polar surface area (TPSA) is 119 Å². The average Bonchev–Trinajstić information content (AvgIpc) is 2.89. The largest absolute Gasteiger partial charge is 0.481 e. The minimum atomic E-state index is -0.829. The van der Waals surface area contributed by atoms with Crippen LogP contribution in [0.25, 0.3) is 5.82 Å². The van der Waals surface area contributed by atoms with E-state index in [2.05, 4.69) is 20.4 Å². The van der Waals surface area contributed by atoms with Gasteiger partial charge in [-0.25, -0.2) is 4.68 Å². The average molecular weight is 290 g/mol. The van der Waals surface area contributed by atoms with Crippen molar-refractivity contribution >= 4 is 17.7 Å². The smallest absolute Gasteiger partial charge is 0.303 e. The molecule has 0 aliphatic heterocycles. The van der Waals surface area contributed by atoms with Gasteiger partial charge in [-0.3, -0.25) is 4.79 Å². The number of hydrogen-bond acceptors (Lipinski definition) is 6. The van der Waals surface area contributed by atoms with Crippen LogP contribution < -0.4 is 11.1 Å². The Morgan fingerprint density at radius 2 is 2.24 bits per heavy atom. The zero-order valence-corrected chi connectivity index (χ0v) is 11.9. The fourth-order valence-corrected chi connectivity index (χ4v) is 1.87. The molecule has 0 aliphatic rings. The van der Waals surface area contributed by atoms with Crippen molar-refractivity contribution in [3.63, 3.8) is 0 Å². The first kappa shape index (κ1) is 14.8. The highest BCUT2D eigenvalue weighted by Gasteiger charge is 2.20. The molecule has 0 radical (unpaired) electrons. The van der Waals surface area contributed by atoms with Crippen molar-refractivity contribution in [3.8, 4) is 5.82 Å². The fourth-order valence-electron chi connectivity index (χ4n) is 1.87. The number of carboxylic acid groups (broad SMARTS) is 1. The second-order valence-corrected chi connectivity index (χ2v) is 5.32. The molecule has 0 atom stereocenters. The standard InChI is InChI=1S/C13H18N6O2/c1-13(2,5-4-11(20)21)18-9-8-10(17-12(14)16-9)19-7-3-6-15-19/h3,6-8H,4-5H2,1-2H3,(H,20,21)(H3,14,16,17,18). The number of nitrogens with zero attached hydrogens (tertiary/aromatic N) is 4. The quantitative estimate of drug-likeness (QED) is 0.733. The van der Waals surface area contributed by atoms with Crippen LogP contribution in [0.5, 0.6) is 0 Å². The summed E-state index contributed by atoms with van der Waals surface area (Å²) in [6, 6.07) is 3.49. The molecule has 21 heavy (non-hydrogen) atoms. The van der Waals surface area contributed by atoms with Gasteiger partial charge >= 0.3 is 5.97 Å². The summed E-state index contributed by atoms with van der Waals surface area (Å²) in [4.78, 5) is 18.9. The minimum Gasteiger partial charge on any atom is -0.481 e. The van der Waals surface area contributed by atoms with Gasteiger partial charge in [-0.2, -0.15) is 15.1 Å². The molecule has 2 rings (SSSR count).